The lowest BCUT2D eigenvalue weighted by Crippen LogP contribution is -2.47. The van der Waals surface area contributed by atoms with Gasteiger partial charge in [-0.25, -0.2) is 0 Å². The van der Waals surface area contributed by atoms with Crippen LogP contribution in [-0.4, -0.2) is 24.0 Å². The highest BCUT2D eigenvalue weighted by atomic mass is 19.4. The number of likely N-dealkylation sites (N-methyl/N-ethyl adjacent to an activating group) is 1. The second kappa shape index (κ2) is 6.62. The third-order valence-electron chi connectivity index (χ3n) is 6.77. The molecule has 2 bridgehead atoms. The minimum Gasteiger partial charge on any atom is -0.399 e. The van der Waals surface area contributed by atoms with Crippen LogP contribution in [0.4, 0.5) is 13.2 Å². The van der Waals surface area contributed by atoms with Gasteiger partial charge < -0.3 is 5.73 Å². The predicted molar refractivity (Wildman–Crippen MR) is 101 cm³/mol. The van der Waals surface area contributed by atoms with Crippen molar-refractivity contribution in [2.45, 2.75) is 43.4 Å². The van der Waals surface area contributed by atoms with E-state index in [0.717, 1.165) is 12.5 Å². The van der Waals surface area contributed by atoms with Crippen molar-refractivity contribution in [3.8, 4) is 18.2 Å². The molecule has 1 fully saturated rings. The first kappa shape index (κ1) is 20.0. The van der Waals surface area contributed by atoms with E-state index in [1.54, 1.807) is 0 Å². The van der Waals surface area contributed by atoms with Crippen LogP contribution in [0.5, 0.6) is 0 Å². The molecule has 1 aromatic carbocycles. The van der Waals surface area contributed by atoms with E-state index >= 15 is 0 Å². The van der Waals surface area contributed by atoms with Crippen molar-refractivity contribution in [3.05, 3.63) is 57.8 Å². The summed E-state index contributed by atoms with van der Waals surface area (Å²) in [6.45, 7) is 0. The fourth-order valence-corrected chi connectivity index (χ4v) is 5.36. The standard InChI is InChI=1S/C22H18F3N5/c1-30-12-6-7-17(30)18-14(8-12)15(9-26)20(29)21(10-27,11-28)19(18)13-4-2-3-5-16(13)22(23,24)25/h2-5,12,17,19H,6-8,29H2,1H3/t12-,17-,19-/m0/s1. The molecule has 0 saturated carbocycles. The van der Waals surface area contributed by atoms with E-state index < -0.39 is 23.1 Å². The predicted octanol–water partition coefficient (Wildman–Crippen LogP) is 3.74. The highest BCUT2D eigenvalue weighted by Gasteiger charge is 2.57. The number of benzene rings is 1. The average molecular weight is 409 g/mol. The lowest BCUT2D eigenvalue weighted by atomic mass is 9.59. The molecular formula is C22H18F3N5. The summed E-state index contributed by atoms with van der Waals surface area (Å²) in [6, 6.07) is 10.8. The molecular weight excluding hydrogens is 391 g/mol. The van der Waals surface area contributed by atoms with E-state index in [2.05, 4.69) is 4.90 Å². The van der Waals surface area contributed by atoms with Gasteiger partial charge in [0.25, 0.3) is 0 Å². The van der Waals surface area contributed by atoms with Crippen molar-refractivity contribution >= 4 is 0 Å². The van der Waals surface area contributed by atoms with Gasteiger partial charge in [-0.15, -0.1) is 0 Å². The second-order valence-electron chi connectivity index (χ2n) is 8.00. The van der Waals surface area contributed by atoms with E-state index in [1.807, 2.05) is 25.3 Å². The van der Waals surface area contributed by atoms with Gasteiger partial charge in [0.2, 0.25) is 0 Å². The second-order valence-corrected chi connectivity index (χ2v) is 8.00. The third kappa shape index (κ3) is 2.49. The Balaban J connectivity index is 2.10. The Bertz CT molecular complexity index is 1100. The van der Waals surface area contributed by atoms with Gasteiger partial charge in [0.05, 0.1) is 29.0 Å². The first-order chi connectivity index (χ1) is 14.2. The summed E-state index contributed by atoms with van der Waals surface area (Å²) in [5.74, 6) is -1.20. The minimum absolute atomic E-state index is 0.0684. The van der Waals surface area contributed by atoms with E-state index in [1.165, 1.54) is 18.2 Å². The third-order valence-corrected chi connectivity index (χ3v) is 6.77. The molecule has 3 atom stereocenters. The maximum atomic E-state index is 13.9. The molecule has 3 aliphatic rings. The van der Waals surface area contributed by atoms with Gasteiger partial charge in [0, 0.05) is 18.0 Å². The largest absolute Gasteiger partial charge is 0.416 e. The molecule has 1 aliphatic carbocycles. The molecule has 0 radical (unpaired) electrons. The molecule has 0 amide bonds. The van der Waals surface area contributed by atoms with Crippen molar-refractivity contribution in [1.82, 2.24) is 4.90 Å². The van der Waals surface area contributed by atoms with Crippen LogP contribution >= 0.6 is 0 Å². The molecule has 1 saturated heterocycles. The molecule has 5 nitrogen and oxygen atoms in total. The van der Waals surface area contributed by atoms with Crippen LogP contribution in [0.3, 0.4) is 0 Å². The summed E-state index contributed by atoms with van der Waals surface area (Å²) >= 11 is 0. The van der Waals surface area contributed by atoms with Crippen LogP contribution in [0.15, 0.2) is 46.7 Å². The highest BCUT2D eigenvalue weighted by Crippen LogP contribution is 2.58. The summed E-state index contributed by atoms with van der Waals surface area (Å²) in [4.78, 5) is 2.08. The smallest absolute Gasteiger partial charge is 0.399 e. The molecule has 30 heavy (non-hydrogen) atoms. The number of fused-ring (bicyclic) bond motifs is 3. The number of halogens is 3. The number of hydrogen-bond donors (Lipinski definition) is 1. The Morgan fingerprint density at radius 2 is 1.80 bits per heavy atom. The van der Waals surface area contributed by atoms with Gasteiger partial charge in [0.1, 0.15) is 6.07 Å². The topological polar surface area (TPSA) is 101 Å². The fourth-order valence-electron chi connectivity index (χ4n) is 5.36. The first-order valence-corrected chi connectivity index (χ1v) is 9.55. The molecule has 0 unspecified atom stereocenters. The molecule has 152 valence electrons. The fraction of sp³-hybridized carbons (Fsp3) is 0.409. The molecule has 2 N–H and O–H groups in total. The maximum absolute atomic E-state index is 13.9. The van der Waals surface area contributed by atoms with Crippen LogP contribution in [0.2, 0.25) is 0 Å². The van der Waals surface area contributed by atoms with Crippen LogP contribution in [0.1, 0.15) is 36.3 Å². The van der Waals surface area contributed by atoms with Gasteiger partial charge in [0.15, 0.2) is 5.41 Å². The van der Waals surface area contributed by atoms with Crippen molar-refractivity contribution < 1.29 is 13.2 Å². The molecule has 8 heteroatoms. The number of alkyl halides is 3. The monoisotopic (exact) mass is 409 g/mol. The Hall–Kier alpha value is -3.28. The molecule has 2 heterocycles. The number of nitrogens with zero attached hydrogens (tertiary/aromatic N) is 4. The summed E-state index contributed by atoms with van der Waals surface area (Å²) in [7, 11) is 1.90. The van der Waals surface area contributed by atoms with Gasteiger partial charge in [-0.3, -0.25) is 4.90 Å². The van der Waals surface area contributed by atoms with Crippen LogP contribution in [0.25, 0.3) is 0 Å². The molecule has 2 aliphatic heterocycles. The highest BCUT2D eigenvalue weighted by molar-refractivity contribution is 5.64. The van der Waals surface area contributed by atoms with Gasteiger partial charge in [-0.1, -0.05) is 18.2 Å². The lowest BCUT2D eigenvalue weighted by Gasteiger charge is -2.45. The summed E-state index contributed by atoms with van der Waals surface area (Å²) in [5, 5.41) is 29.9. The molecule has 0 aromatic heterocycles. The molecule has 0 spiro atoms. The SMILES string of the molecule is CN1[C@H]2CC[C@H]1C1=C(C2)C(C#N)=C(N)C(C#N)(C#N)[C@H]1c1ccccc1C(F)(F)F. The first-order valence-electron chi connectivity index (χ1n) is 9.55. The summed E-state index contributed by atoms with van der Waals surface area (Å²) < 4.78 is 41.7. The van der Waals surface area contributed by atoms with E-state index in [0.29, 0.717) is 24.0 Å². The zero-order valence-corrected chi connectivity index (χ0v) is 16.2. The van der Waals surface area contributed by atoms with Gasteiger partial charge in [-0.05, 0) is 49.1 Å². The number of hydrogen-bond acceptors (Lipinski definition) is 5. The maximum Gasteiger partial charge on any atom is 0.416 e. The Morgan fingerprint density at radius 3 is 2.40 bits per heavy atom. The zero-order valence-electron chi connectivity index (χ0n) is 16.2. The van der Waals surface area contributed by atoms with Gasteiger partial charge in [-0.2, -0.15) is 29.0 Å². The Morgan fingerprint density at radius 1 is 1.13 bits per heavy atom. The summed E-state index contributed by atoms with van der Waals surface area (Å²) in [5.41, 5.74) is 4.04. The number of allylic oxidation sites excluding steroid dienone is 2. The van der Waals surface area contributed by atoms with E-state index in [4.69, 9.17) is 5.73 Å². The quantitative estimate of drug-likeness (QED) is 0.762. The van der Waals surface area contributed by atoms with Crippen molar-refractivity contribution in [2.75, 3.05) is 7.05 Å². The van der Waals surface area contributed by atoms with Crippen molar-refractivity contribution in [1.29, 1.82) is 15.8 Å². The Labute approximate surface area is 172 Å². The van der Waals surface area contributed by atoms with Crippen molar-refractivity contribution in [2.24, 2.45) is 11.1 Å². The number of nitrogens with two attached hydrogens (primary N) is 1. The van der Waals surface area contributed by atoms with Crippen LogP contribution in [-0.2, 0) is 6.18 Å². The average Bonchev–Trinajstić information content (AvgIpc) is 2.95. The zero-order chi connectivity index (χ0) is 21.8. The van der Waals surface area contributed by atoms with E-state index in [-0.39, 0.29) is 28.9 Å². The molecule has 1 aromatic rings. The molecule has 4 rings (SSSR count). The number of nitriles is 3. The minimum atomic E-state index is -4.67. The summed E-state index contributed by atoms with van der Waals surface area (Å²) in [6.07, 6.45) is -2.69. The van der Waals surface area contributed by atoms with E-state index in [9.17, 15) is 29.0 Å². The van der Waals surface area contributed by atoms with Crippen molar-refractivity contribution in [3.63, 3.8) is 0 Å². The lowest BCUT2D eigenvalue weighted by molar-refractivity contribution is -0.138. The number of rotatable bonds is 1. The van der Waals surface area contributed by atoms with Crippen LogP contribution in [0, 0.1) is 39.4 Å². The Kier molecular flexibility index (Phi) is 4.42. The van der Waals surface area contributed by atoms with Gasteiger partial charge >= 0.3 is 6.18 Å². The van der Waals surface area contributed by atoms with Crippen LogP contribution < -0.4 is 5.73 Å². The normalized spacial score (nSPS) is 27.8.